The van der Waals surface area contributed by atoms with Crippen LogP contribution in [0.1, 0.15) is 26.2 Å². The molecule has 0 saturated carbocycles. The molecule has 0 spiro atoms. The molecule has 5 heteroatoms. The summed E-state index contributed by atoms with van der Waals surface area (Å²) in [4.78, 5) is 15.9. The molecule has 0 bridgehead atoms. The average Bonchev–Trinajstić information content (AvgIpc) is 2.25. The third-order valence-electron chi connectivity index (χ3n) is 2.19. The normalized spacial score (nSPS) is 12.5. The highest BCUT2D eigenvalue weighted by molar-refractivity contribution is 5.78. The summed E-state index contributed by atoms with van der Waals surface area (Å²) in [5.74, 6) is 4.97. The van der Waals surface area contributed by atoms with Gasteiger partial charge in [0.2, 0.25) is 5.91 Å². The molecule has 0 aliphatic carbocycles. The van der Waals surface area contributed by atoms with Gasteiger partial charge in [-0.05, 0) is 19.3 Å². The number of ether oxygens (including phenoxy) is 1. The van der Waals surface area contributed by atoms with Gasteiger partial charge in [-0.2, -0.15) is 0 Å². The maximum atomic E-state index is 11.5. The van der Waals surface area contributed by atoms with Crippen molar-refractivity contribution >= 4 is 5.91 Å². The van der Waals surface area contributed by atoms with E-state index in [1.54, 1.807) is 7.11 Å². The predicted molar refractivity (Wildman–Crippen MR) is 58.0 cm³/mol. The van der Waals surface area contributed by atoms with E-state index in [2.05, 4.69) is 10.2 Å². The van der Waals surface area contributed by atoms with E-state index < -0.39 is 0 Å². The first kappa shape index (κ1) is 14.3. The SMILES string of the molecule is COCCC(C)C(=O)NCCCCON. The highest BCUT2D eigenvalue weighted by Gasteiger charge is 2.11. The van der Waals surface area contributed by atoms with E-state index in [1.165, 1.54) is 0 Å². The Morgan fingerprint density at radius 2 is 2.13 bits per heavy atom. The van der Waals surface area contributed by atoms with Crippen LogP contribution in [0.3, 0.4) is 0 Å². The molecule has 15 heavy (non-hydrogen) atoms. The Kier molecular flexibility index (Phi) is 9.46. The van der Waals surface area contributed by atoms with Gasteiger partial charge >= 0.3 is 0 Å². The summed E-state index contributed by atoms with van der Waals surface area (Å²) in [5, 5.41) is 2.86. The van der Waals surface area contributed by atoms with Crippen molar-refractivity contribution in [2.75, 3.05) is 26.9 Å². The number of carbonyl (C=O) groups is 1. The third-order valence-corrected chi connectivity index (χ3v) is 2.19. The van der Waals surface area contributed by atoms with Crippen LogP contribution in [0.25, 0.3) is 0 Å². The van der Waals surface area contributed by atoms with Gasteiger partial charge in [0.05, 0.1) is 6.61 Å². The lowest BCUT2D eigenvalue weighted by atomic mass is 10.1. The minimum Gasteiger partial charge on any atom is -0.385 e. The number of nitrogens with one attached hydrogen (secondary N) is 1. The molecule has 90 valence electrons. The van der Waals surface area contributed by atoms with Gasteiger partial charge in [-0.1, -0.05) is 6.92 Å². The Morgan fingerprint density at radius 3 is 2.73 bits per heavy atom. The maximum Gasteiger partial charge on any atom is 0.222 e. The summed E-state index contributed by atoms with van der Waals surface area (Å²) in [6.07, 6.45) is 2.51. The Morgan fingerprint density at radius 1 is 1.40 bits per heavy atom. The lowest BCUT2D eigenvalue weighted by molar-refractivity contribution is -0.125. The second kappa shape index (κ2) is 9.89. The first-order valence-corrected chi connectivity index (χ1v) is 5.30. The van der Waals surface area contributed by atoms with Gasteiger partial charge in [0.25, 0.3) is 0 Å². The van der Waals surface area contributed by atoms with Crippen LogP contribution in [-0.2, 0) is 14.4 Å². The van der Waals surface area contributed by atoms with Crippen molar-refractivity contribution in [2.45, 2.75) is 26.2 Å². The highest BCUT2D eigenvalue weighted by atomic mass is 16.6. The standard InChI is InChI=1S/C10H22N2O3/c1-9(5-8-14-2)10(13)12-6-3-4-7-15-11/h9H,3-8,11H2,1-2H3,(H,12,13). The molecule has 0 aromatic heterocycles. The van der Waals surface area contributed by atoms with Crippen LogP contribution in [0, 0.1) is 5.92 Å². The molecule has 0 aliphatic rings. The van der Waals surface area contributed by atoms with Gasteiger partial charge in [-0.25, -0.2) is 5.90 Å². The van der Waals surface area contributed by atoms with Gasteiger partial charge in [0, 0.05) is 26.2 Å². The number of hydrogen-bond acceptors (Lipinski definition) is 4. The van der Waals surface area contributed by atoms with Crippen molar-refractivity contribution in [1.29, 1.82) is 0 Å². The number of rotatable bonds is 9. The number of nitrogens with two attached hydrogens (primary N) is 1. The summed E-state index contributed by atoms with van der Waals surface area (Å²) in [6.45, 7) is 3.74. The minimum atomic E-state index is 0.00992. The molecule has 0 rings (SSSR count). The fourth-order valence-corrected chi connectivity index (χ4v) is 1.12. The van der Waals surface area contributed by atoms with Crippen LogP contribution < -0.4 is 11.2 Å². The Labute approximate surface area is 91.3 Å². The van der Waals surface area contributed by atoms with Crippen LogP contribution in [0.15, 0.2) is 0 Å². The summed E-state index contributed by atoms with van der Waals surface area (Å²) in [6, 6.07) is 0. The van der Waals surface area contributed by atoms with Gasteiger partial charge in [0.15, 0.2) is 0 Å². The lowest BCUT2D eigenvalue weighted by Crippen LogP contribution is -2.30. The average molecular weight is 218 g/mol. The Hall–Kier alpha value is -0.650. The molecule has 0 radical (unpaired) electrons. The molecule has 0 heterocycles. The zero-order valence-corrected chi connectivity index (χ0v) is 9.62. The Balaban J connectivity index is 3.38. The van der Waals surface area contributed by atoms with Crippen molar-refractivity contribution in [3.05, 3.63) is 0 Å². The van der Waals surface area contributed by atoms with Gasteiger partial charge in [-0.3, -0.25) is 4.79 Å². The zero-order chi connectivity index (χ0) is 11.5. The fourth-order valence-electron chi connectivity index (χ4n) is 1.12. The quantitative estimate of drug-likeness (QED) is 0.435. The van der Waals surface area contributed by atoms with Crippen molar-refractivity contribution in [2.24, 2.45) is 11.8 Å². The smallest absolute Gasteiger partial charge is 0.222 e. The summed E-state index contributed by atoms with van der Waals surface area (Å²) < 4.78 is 4.91. The van der Waals surface area contributed by atoms with E-state index in [9.17, 15) is 4.79 Å². The van der Waals surface area contributed by atoms with E-state index in [0.717, 1.165) is 19.3 Å². The number of carbonyl (C=O) groups excluding carboxylic acids is 1. The first-order valence-electron chi connectivity index (χ1n) is 5.30. The zero-order valence-electron chi connectivity index (χ0n) is 9.62. The molecule has 1 atom stereocenters. The van der Waals surface area contributed by atoms with Gasteiger partial charge < -0.3 is 14.9 Å². The van der Waals surface area contributed by atoms with Crippen LogP contribution in [0.5, 0.6) is 0 Å². The van der Waals surface area contributed by atoms with E-state index in [1.807, 2.05) is 6.92 Å². The minimum absolute atomic E-state index is 0.00992. The van der Waals surface area contributed by atoms with Crippen LogP contribution in [0.4, 0.5) is 0 Å². The molecule has 1 unspecified atom stereocenters. The summed E-state index contributed by atoms with van der Waals surface area (Å²) in [5.41, 5.74) is 0. The summed E-state index contributed by atoms with van der Waals surface area (Å²) >= 11 is 0. The molecule has 0 aromatic carbocycles. The van der Waals surface area contributed by atoms with Crippen molar-refractivity contribution in [1.82, 2.24) is 5.32 Å². The molecule has 3 N–H and O–H groups in total. The van der Waals surface area contributed by atoms with E-state index in [-0.39, 0.29) is 11.8 Å². The second-order valence-corrected chi connectivity index (χ2v) is 3.55. The second-order valence-electron chi connectivity index (χ2n) is 3.55. The number of amides is 1. The Bertz CT molecular complexity index is 165. The van der Waals surface area contributed by atoms with E-state index in [4.69, 9.17) is 10.6 Å². The lowest BCUT2D eigenvalue weighted by Gasteiger charge is -2.11. The van der Waals surface area contributed by atoms with Crippen molar-refractivity contribution < 1.29 is 14.4 Å². The predicted octanol–water partition coefficient (Wildman–Crippen LogP) is 0.446. The van der Waals surface area contributed by atoms with E-state index >= 15 is 0 Å². The largest absolute Gasteiger partial charge is 0.385 e. The molecule has 0 aliphatic heterocycles. The van der Waals surface area contributed by atoms with Crippen LogP contribution in [0.2, 0.25) is 0 Å². The fraction of sp³-hybridized carbons (Fsp3) is 0.900. The maximum absolute atomic E-state index is 11.5. The number of unbranched alkanes of at least 4 members (excludes halogenated alkanes) is 1. The molecule has 0 fully saturated rings. The van der Waals surface area contributed by atoms with Crippen molar-refractivity contribution in [3.8, 4) is 0 Å². The molecular weight excluding hydrogens is 196 g/mol. The van der Waals surface area contributed by atoms with Crippen molar-refractivity contribution in [3.63, 3.8) is 0 Å². The number of methoxy groups -OCH3 is 1. The molecule has 0 aromatic rings. The molecular formula is C10H22N2O3. The summed E-state index contributed by atoms with van der Waals surface area (Å²) in [7, 11) is 1.64. The van der Waals surface area contributed by atoms with Gasteiger partial charge in [-0.15, -0.1) is 0 Å². The van der Waals surface area contributed by atoms with Crippen LogP contribution in [-0.4, -0.2) is 32.8 Å². The highest BCUT2D eigenvalue weighted by Crippen LogP contribution is 2.01. The van der Waals surface area contributed by atoms with E-state index in [0.29, 0.717) is 19.8 Å². The van der Waals surface area contributed by atoms with Gasteiger partial charge in [0.1, 0.15) is 0 Å². The monoisotopic (exact) mass is 218 g/mol. The topological polar surface area (TPSA) is 73.6 Å². The molecule has 5 nitrogen and oxygen atoms in total. The molecule has 0 saturated heterocycles. The third kappa shape index (κ3) is 8.35. The van der Waals surface area contributed by atoms with Crippen LogP contribution >= 0.6 is 0 Å². The molecule has 1 amide bonds. The first-order chi connectivity index (χ1) is 7.22. The number of hydrogen-bond donors (Lipinski definition) is 2.